The molecule has 0 unspecified atom stereocenters. The number of carbonyl (C=O) groups is 2. The predicted molar refractivity (Wildman–Crippen MR) is 157 cm³/mol. The molecule has 7 nitrogen and oxygen atoms in total. The fourth-order valence-corrected chi connectivity index (χ4v) is 5.63. The molecule has 0 aliphatic heterocycles. The molecule has 208 valence electrons. The molecule has 2 amide bonds. The molecule has 3 rings (SSSR count). The molecule has 1 N–H and O–H groups in total. The summed E-state index contributed by atoms with van der Waals surface area (Å²) < 4.78 is 26.3. The number of benzene rings is 3. The van der Waals surface area contributed by atoms with Crippen LogP contribution in [0.5, 0.6) is 0 Å². The van der Waals surface area contributed by atoms with Gasteiger partial charge in [-0.1, -0.05) is 77.8 Å². The maximum absolute atomic E-state index is 13.7. The number of sulfonamides is 1. The Balaban J connectivity index is 1.87. The second kappa shape index (κ2) is 14.4. The lowest BCUT2D eigenvalue weighted by Gasteiger charge is -2.32. The first kappa shape index (κ1) is 30.5. The number of amides is 2. The Labute approximate surface area is 240 Å². The van der Waals surface area contributed by atoms with Gasteiger partial charge < -0.3 is 10.2 Å². The first-order valence-electron chi connectivity index (χ1n) is 12.7. The van der Waals surface area contributed by atoms with Gasteiger partial charge >= 0.3 is 0 Å². The van der Waals surface area contributed by atoms with Gasteiger partial charge in [0, 0.05) is 42.5 Å². The van der Waals surface area contributed by atoms with Gasteiger partial charge in [0.05, 0.1) is 11.9 Å². The summed E-state index contributed by atoms with van der Waals surface area (Å²) in [5, 5.41) is 3.76. The van der Waals surface area contributed by atoms with E-state index in [9.17, 15) is 18.0 Å². The molecule has 0 bridgehead atoms. The van der Waals surface area contributed by atoms with Crippen LogP contribution in [0.3, 0.4) is 0 Å². The third kappa shape index (κ3) is 8.98. The van der Waals surface area contributed by atoms with Crippen molar-refractivity contribution in [3.63, 3.8) is 0 Å². The summed E-state index contributed by atoms with van der Waals surface area (Å²) in [6, 6.07) is 22.5. The lowest BCUT2D eigenvalue weighted by atomic mass is 10.0. The second-order valence-electron chi connectivity index (χ2n) is 9.13. The van der Waals surface area contributed by atoms with Gasteiger partial charge in [0.15, 0.2) is 0 Å². The van der Waals surface area contributed by atoms with E-state index in [1.165, 1.54) is 4.31 Å². The van der Waals surface area contributed by atoms with Crippen LogP contribution in [0.4, 0.5) is 5.69 Å². The number of hydrogen-bond acceptors (Lipinski definition) is 4. The third-order valence-electron chi connectivity index (χ3n) is 6.17. The minimum Gasteiger partial charge on any atom is -0.355 e. The van der Waals surface area contributed by atoms with E-state index < -0.39 is 16.1 Å². The lowest BCUT2D eigenvalue weighted by Crippen LogP contribution is -2.50. The summed E-state index contributed by atoms with van der Waals surface area (Å²) in [4.78, 5) is 28.5. The van der Waals surface area contributed by atoms with E-state index >= 15 is 0 Å². The van der Waals surface area contributed by atoms with Gasteiger partial charge in [-0.15, -0.1) is 0 Å². The molecular weight excluding hydrogens is 557 g/mol. The highest BCUT2D eigenvalue weighted by molar-refractivity contribution is 7.92. The van der Waals surface area contributed by atoms with Crippen molar-refractivity contribution in [2.45, 2.75) is 38.8 Å². The summed E-state index contributed by atoms with van der Waals surface area (Å²) in [6.07, 6.45) is 1.71. The monoisotopic (exact) mass is 589 g/mol. The average Bonchev–Trinajstić information content (AvgIpc) is 2.89. The van der Waals surface area contributed by atoms with Gasteiger partial charge in [0.1, 0.15) is 6.04 Å². The van der Waals surface area contributed by atoms with Crippen molar-refractivity contribution in [2.75, 3.05) is 23.7 Å². The average molecular weight is 591 g/mol. The van der Waals surface area contributed by atoms with Gasteiger partial charge in [0.25, 0.3) is 0 Å². The zero-order valence-electron chi connectivity index (χ0n) is 22.0. The molecule has 3 aromatic carbocycles. The first-order valence-corrected chi connectivity index (χ1v) is 15.3. The second-order valence-corrected chi connectivity index (χ2v) is 11.9. The van der Waals surface area contributed by atoms with E-state index in [0.717, 1.165) is 11.8 Å². The summed E-state index contributed by atoms with van der Waals surface area (Å²) >= 11 is 12.5. The van der Waals surface area contributed by atoms with Crippen LogP contribution in [0.25, 0.3) is 0 Å². The van der Waals surface area contributed by atoms with Crippen molar-refractivity contribution >= 4 is 50.7 Å². The molecule has 0 radical (unpaired) electrons. The molecule has 0 fully saturated rings. The number of halogens is 2. The van der Waals surface area contributed by atoms with Crippen LogP contribution in [0.1, 0.15) is 30.9 Å². The Morgan fingerprint density at radius 2 is 1.64 bits per heavy atom. The smallest absolute Gasteiger partial charge is 0.243 e. The van der Waals surface area contributed by atoms with Crippen LogP contribution >= 0.6 is 23.2 Å². The van der Waals surface area contributed by atoms with Crippen molar-refractivity contribution in [3.8, 4) is 0 Å². The van der Waals surface area contributed by atoms with Gasteiger partial charge in [0.2, 0.25) is 21.8 Å². The minimum atomic E-state index is -3.62. The van der Waals surface area contributed by atoms with Crippen LogP contribution < -0.4 is 9.62 Å². The molecule has 0 saturated carbocycles. The molecule has 3 aromatic rings. The number of anilines is 1. The van der Waals surface area contributed by atoms with Gasteiger partial charge in [-0.25, -0.2) is 8.42 Å². The highest BCUT2D eigenvalue weighted by atomic mass is 35.5. The highest BCUT2D eigenvalue weighted by Gasteiger charge is 2.30. The zero-order valence-corrected chi connectivity index (χ0v) is 24.3. The van der Waals surface area contributed by atoms with E-state index in [4.69, 9.17) is 23.2 Å². The maximum Gasteiger partial charge on any atom is 0.243 e. The Hall–Kier alpha value is -3.07. The van der Waals surface area contributed by atoms with Crippen molar-refractivity contribution < 1.29 is 18.0 Å². The summed E-state index contributed by atoms with van der Waals surface area (Å²) in [6.45, 7) is 2.46. The van der Waals surface area contributed by atoms with E-state index in [1.54, 1.807) is 41.3 Å². The standard InChI is InChI=1S/C29H33Cl2N3O4S/c1-3-32-29(36)27(19-22-11-5-4-6-12-22)33(21-23-13-7-8-16-26(23)31)28(35)17-10-18-34(39(2,37)38)25-15-9-14-24(30)20-25/h4-9,11-16,20,27H,3,10,17-19,21H2,1-2H3,(H,32,36)/t27-/m1/s1. The number of rotatable bonds is 13. The highest BCUT2D eigenvalue weighted by Crippen LogP contribution is 2.24. The molecule has 0 aliphatic rings. The quantitative estimate of drug-likeness (QED) is 0.292. The number of nitrogens with zero attached hydrogens (tertiary/aromatic N) is 2. The SMILES string of the molecule is CCNC(=O)[C@@H](Cc1ccccc1)N(Cc1ccccc1Cl)C(=O)CCCN(c1cccc(Cl)c1)S(C)(=O)=O. The Morgan fingerprint density at radius 1 is 0.949 bits per heavy atom. The van der Waals surface area contributed by atoms with Crippen LogP contribution in [-0.4, -0.2) is 50.5 Å². The molecular formula is C29H33Cl2N3O4S. The minimum absolute atomic E-state index is 0.0295. The van der Waals surface area contributed by atoms with E-state index in [0.29, 0.717) is 34.3 Å². The fraction of sp³-hybridized carbons (Fsp3) is 0.310. The molecule has 39 heavy (non-hydrogen) atoms. The van der Waals surface area contributed by atoms with Crippen LogP contribution in [0.15, 0.2) is 78.9 Å². The van der Waals surface area contributed by atoms with E-state index in [2.05, 4.69) is 5.32 Å². The van der Waals surface area contributed by atoms with Gasteiger partial charge in [-0.2, -0.15) is 0 Å². The predicted octanol–water partition coefficient (Wildman–Crippen LogP) is 5.32. The normalized spacial score (nSPS) is 12.0. The molecule has 10 heteroatoms. The number of carbonyl (C=O) groups excluding carboxylic acids is 2. The Morgan fingerprint density at radius 3 is 2.28 bits per heavy atom. The number of likely N-dealkylation sites (N-methyl/N-ethyl adjacent to an activating group) is 1. The maximum atomic E-state index is 13.7. The van der Waals surface area contributed by atoms with Crippen LogP contribution in [0.2, 0.25) is 10.0 Å². The largest absolute Gasteiger partial charge is 0.355 e. The van der Waals surface area contributed by atoms with Crippen molar-refractivity contribution in [1.29, 1.82) is 0 Å². The van der Waals surface area contributed by atoms with E-state index in [1.807, 2.05) is 49.4 Å². The number of nitrogens with one attached hydrogen (secondary N) is 1. The van der Waals surface area contributed by atoms with E-state index in [-0.39, 0.29) is 37.7 Å². The molecule has 0 aliphatic carbocycles. The molecule has 0 saturated heterocycles. The Kier molecular flexibility index (Phi) is 11.2. The Bertz CT molecular complexity index is 1370. The molecule has 0 aromatic heterocycles. The van der Waals surface area contributed by atoms with Crippen molar-refractivity contribution in [3.05, 3.63) is 100 Å². The first-order chi connectivity index (χ1) is 18.6. The topological polar surface area (TPSA) is 86.8 Å². The molecule has 0 heterocycles. The van der Waals surface area contributed by atoms with Gasteiger partial charge in [-0.3, -0.25) is 13.9 Å². The fourth-order valence-electron chi connectivity index (χ4n) is 4.29. The van der Waals surface area contributed by atoms with Crippen LogP contribution in [-0.2, 0) is 32.6 Å². The van der Waals surface area contributed by atoms with Gasteiger partial charge in [-0.05, 0) is 48.7 Å². The number of hydrogen-bond donors (Lipinski definition) is 1. The molecule has 0 spiro atoms. The summed E-state index contributed by atoms with van der Waals surface area (Å²) in [5.41, 5.74) is 2.05. The molecule has 1 atom stereocenters. The summed E-state index contributed by atoms with van der Waals surface area (Å²) in [7, 11) is -3.62. The van der Waals surface area contributed by atoms with Crippen LogP contribution in [0, 0.1) is 0 Å². The zero-order chi connectivity index (χ0) is 28.4. The lowest BCUT2D eigenvalue weighted by molar-refractivity contribution is -0.141. The van der Waals surface area contributed by atoms with Crippen molar-refractivity contribution in [2.24, 2.45) is 0 Å². The summed E-state index contributed by atoms with van der Waals surface area (Å²) in [5.74, 6) is -0.542. The van der Waals surface area contributed by atoms with Crippen molar-refractivity contribution in [1.82, 2.24) is 10.2 Å². The third-order valence-corrected chi connectivity index (χ3v) is 7.97.